The molecule has 1 atom stereocenters. The van der Waals surface area contributed by atoms with E-state index in [4.69, 9.17) is 16.7 Å². The lowest BCUT2D eigenvalue weighted by Gasteiger charge is -2.35. The Kier molecular flexibility index (Phi) is 6.87. The molecule has 1 aromatic rings. The minimum absolute atomic E-state index is 0.141. The zero-order valence-corrected chi connectivity index (χ0v) is 14.6. The second kappa shape index (κ2) is 8.89. The summed E-state index contributed by atoms with van der Waals surface area (Å²) in [5, 5.41) is 14.8. The van der Waals surface area contributed by atoms with Gasteiger partial charge in [-0.15, -0.1) is 0 Å². The van der Waals surface area contributed by atoms with Crippen molar-refractivity contribution in [3.05, 3.63) is 34.9 Å². The normalized spacial score (nSPS) is 17.2. The Balaban J connectivity index is 1.87. The van der Waals surface area contributed by atoms with Crippen LogP contribution in [0.5, 0.6) is 0 Å². The number of halogens is 1. The predicted octanol–water partition coefficient (Wildman–Crippen LogP) is 2.32. The number of benzene rings is 1. The summed E-state index contributed by atoms with van der Waals surface area (Å²) in [5.74, 6) is 0.0391. The number of hydrogen-bond acceptors (Lipinski definition) is 3. The molecule has 0 radical (unpaired) electrons. The second-order valence-electron chi connectivity index (χ2n) is 6.17. The van der Waals surface area contributed by atoms with Crippen LogP contribution >= 0.6 is 11.6 Å². The first kappa shape index (κ1) is 18.5. The van der Waals surface area contributed by atoms with E-state index in [-0.39, 0.29) is 24.3 Å². The molecule has 1 aliphatic heterocycles. The van der Waals surface area contributed by atoms with Crippen LogP contribution < -0.4 is 10.6 Å². The number of carboxylic acid groups (broad SMARTS) is 1. The molecule has 7 heteroatoms. The Hall–Kier alpha value is -1.79. The van der Waals surface area contributed by atoms with Gasteiger partial charge in [-0.05, 0) is 49.5 Å². The average molecular weight is 354 g/mol. The fourth-order valence-electron chi connectivity index (χ4n) is 3.16. The van der Waals surface area contributed by atoms with Gasteiger partial charge in [0.15, 0.2) is 0 Å². The molecular formula is C17H24ClN3O3. The van der Waals surface area contributed by atoms with Crippen molar-refractivity contribution >= 4 is 23.6 Å². The van der Waals surface area contributed by atoms with Crippen LogP contribution in [0.1, 0.15) is 24.8 Å². The maximum Gasteiger partial charge on any atom is 0.404 e. The van der Waals surface area contributed by atoms with Gasteiger partial charge < -0.3 is 15.7 Å². The molecule has 1 fully saturated rings. The Labute approximate surface area is 147 Å². The molecule has 1 aromatic carbocycles. The van der Waals surface area contributed by atoms with Crippen LogP contribution in [-0.2, 0) is 11.3 Å². The first-order chi connectivity index (χ1) is 11.5. The highest BCUT2D eigenvalue weighted by Gasteiger charge is 2.29. The van der Waals surface area contributed by atoms with Crippen molar-refractivity contribution in [2.24, 2.45) is 5.92 Å². The molecule has 6 nitrogen and oxygen atoms in total. The molecule has 1 aliphatic rings. The van der Waals surface area contributed by atoms with E-state index in [9.17, 15) is 9.59 Å². The van der Waals surface area contributed by atoms with Crippen molar-refractivity contribution in [3.63, 3.8) is 0 Å². The molecule has 0 bridgehead atoms. The van der Waals surface area contributed by atoms with Crippen molar-refractivity contribution in [1.29, 1.82) is 0 Å². The number of nitrogens with zero attached hydrogens (tertiary/aromatic N) is 1. The van der Waals surface area contributed by atoms with Gasteiger partial charge in [-0.3, -0.25) is 9.69 Å². The number of amides is 2. The van der Waals surface area contributed by atoms with Gasteiger partial charge in [0.2, 0.25) is 5.91 Å². The van der Waals surface area contributed by atoms with Gasteiger partial charge in [-0.1, -0.05) is 23.7 Å². The quantitative estimate of drug-likeness (QED) is 0.733. The lowest BCUT2D eigenvalue weighted by atomic mass is 9.87. The van der Waals surface area contributed by atoms with E-state index >= 15 is 0 Å². The number of carbonyl (C=O) groups is 2. The first-order valence-corrected chi connectivity index (χ1v) is 8.52. The molecule has 3 N–H and O–H groups in total. The zero-order valence-electron chi connectivity index (χ0n) is 13.8. The molecule has 2 rings (SSSR count). The number of nitrogens with one attached hydrogen (secondary N) is 2. The van der Waals surface area contributed by atoms with Gasteiger partial charge in [-0.2, -0.15) is 0 Å². The number of carbonyl (C=O) groups excluding carboxylic acids is 1. The second-order valence-corrected chi connectivity index (χ2v) is 6.61. The minimum Gasteiger partial charge on any atom is -0.465 e. The zero-order chi connectivity index (χ0) is 17.5. The maximum atomic E-state index is 11.6. The molecule has 0 saturated carbocycles. The van der Waals surface area contributed by atoms with Gasteiger partial charge in [0.25, 0.3) is 0 Å². The van der Waals surface area contributed by atoms with E-state index in [1.54, 1.807) is 7.05 Å². The SMILES string of the molecule is CNC(=O)CC(NC(=O)O)C1CCN(Cc2ccc(Cl)cc2)CC1. The molecule has 24 heavy (non-hydrogen) atoms. The van der Waals surface area contributed by atoms with Crippen LogP contribution in [0, 0.1) is 5.92 Å². The van der Waals surface area contributed by atoms with Crippen LogP contribution in [0.25, 0.3) is 0 Å². The third kappa shape index (κ3) is 5.69. The molecule has 0 aliphatic carbocycles. The standard InChI is InChI=1S/C17H24ClN3O3/c1-19-16(22)10-15(20-17(23)24)13-6-8-21(9-7-13)11-12-2-4-14(18)5-3-12/h2-5,13,15,20H,6-11H2,1H3,(H,19,22)(H,23,24). The Morgan fingerprint density at radius 3 is 2.46 bits per heavy atom. The van der Waals surface area contributed by atoms with Crippen LogP contribution in [-0.4, -0.2) is 48.2 Å². The van der Waals surface area contributed by atoms with E-state index in [0.29, 0.717) is 0 Å². The van der Waals surface area contributed by atoms with Crippen LogP contribution in [0.15, 0.2) is 24.3 Å². The number of rotatable bonds is 6. The molecule has 0 aromatic heterocycles. The first-order valence-electron chi connectivity index (χ1n) is 8.14. The fourth-order valence-corrected chi connectivity index (χ4v) is 3.28. The van der Waals surface area contributed by atoms with E-state index in [1.807, 2.05) is 24.3 Å². The third-order valence-electron chi connectivity index (χ3n) is 4.51. The van der Waals surface area contributed by atoms with Crippen LogP contribution in [0.2, 0.25) is 5.02 Å². The summed E-state index contributed by atoms with van der Waals surface area (Å²) in [4.78, 5) is 25.0. The summed E-state index contributed by atoms with van der Waals surface area (Å²) < 4.78 is 0. The number of hydrogen-bond donors (Lipinski definition) is 3. The molecular weight excluding hydrogens is 330 g/mol. The Morgan fingerprint density at radius 1 is 1.29 bits per heavy atom. The highest BCUT2D eigenvalue weighted by molar-refractivity contribution is 6.30. The van der Waals surface area contributed by atoms with Gasteiger partial charge in [0.05, 0.1) is 0 Å². The molecule has 1 unspecified atom stereocenters. The maximum absolute atomic E-state index is 11.6. The van der Waals surface area contributed by atoms with Gasteiger partial charge in [0, 0.05) is 31.1 Å². The van der Waals surface area contributed by atoms with Crippen molar-refractivity contribution in [1.82, 2.24) is 15.5 Å². The summed E-state index contributed by atoms with van der Waals surface area (Å²) in [7, 11) is 1.56. The van der Waals surface area contributed by atoms with Gasteiger partial charge in [0.1, 0.15) is 0 Å². The molecule has 2 amide bonds. The molecule has 0 spiro atoms. The van der Waals surface area contributed by atoms with Crippen molar-refractivity contribution in [3.8, 4) is 0 Å². The smallest absolute Gasteiger partial charge is 0.404 e. The number of likely N-dealkylation sites (tertiary alicyclic amines) is 1. The summed E-state index contributed by atoms with van der Waals surface area (Å²) in [6.45, 7) is 2.63. The highest BCUT2D eigenvalue weighted by Crippen LogP contribution is 2.24. The molecule has 1 saturated heterocycles. The summed E-state index contributed by atoms with van der Waals surface area (Å²) in [5.41, 5.74) is 1.21. The van der Waals surface area contributed by atoms with Crippen LogP contribution in [0.4, 0.5) is 4.79 Å². The average Bonchev–Trinajstić information content (AvgIpc) is 2.56. The van der Waals surface area contributed by atoms with E-state index in [2.05, 4.69) is 15.5 Å². The van der Waals surface area contributed by atoms with E-state index in [1.165, 1.54) is 5.56 Å². The highest BCUT2D eigenvalue weighted by atomic mass is 35.5. The van der Waals surface area contributed by atoms with Gasteiger partial charge in [-0.25, -0.2) is 4.79 Å². The monoisotopic (exact) mass is 353 g/mol. The Morgan fingerprint density at radius 2 is 1.92 bits per heavy atom. The largest absolute Gasteiger partial charge is 0.465 e. The predicted molar refractivity (Wildman–Crippen MR) is 93.1 cm³/mol. The van der Waals surface area contributed by atoms with E-state index < -0.39 is 6.09 Å². The lowest BCUT2D eigenvalue weighted by Crippen LogP contribution is -2.46. The Bertz CT molecular complexity index is 557. The van der Waals surface area contributed by atoms with Crippen molar-refractivity contribution in [2.75, 3.05) is 20.1 Å². The summed E-state index contributed by atoms with van der Waals surface area (Å²) in [6, 6.07) is 7.49. The van der Waals surface area contributed by atoms with E-state index in [0.717, 1.165) is 37.5 Å². The number of piperidine rings is 1. The molecule has 132 valence electrons. The fraction of sp³-hybridized carbons (Fsp3) is 0.529. The van der Waals surface area contributed by atoms with Crippen molar-refractivity contribution < 1.29 is 14.7 Å². The summed E-state index contributed by atoms with van der Waals surface area (Å²) in [6.07, 6.45) is 0.850. The minimum atomic E-state index is -1.08. The lowest BCUT2D eigenvalue weighted by molar-refractivity contribution is -0.121. The third-order valence-corrected chi connectivity index (χ3v) is 4.77. The van der Waals surface area contributed by atoms with Crippen LogP contribution in [0.3, 0.4) is 0 Å². The van der Waals surface area contributed by atoms with Crippen molar-refractivity contribution in [2.45, 2.75) is 31.8 Å². The summed E-state index contributed by atoms with van der Waals surface area (Å²) >= 11 is 5.90. The van der Waals surface area contributed by atoms with Gasteiger partial charge >= 0.3 is 6.09 Å². The topological polar surface area (TPSA) is 81.7 Å². The molecule has 1 heterocycles.